The molecule has 425 valence electrons. The fraction of sp³-hybridized carbons (Fsp3) is 0. The standard InChI is InChI=1S/2C19H13ClN8O10S2.Co.5K/c2*20-17-23-18(21)25-19(24-17)22-11-6-9(39(33,34)35)3-7-4-13(40(36,37)38)15(16(30)14(7)11)27-26-10-5-8(28(31)32)1-2-12(10)29;;;;;;/h2*1-6,29-30H,(H,33,34,35)(H,36,37,38)(H3,21,22,23,24,25);;;;;;/q;;;5*+1. The van der Waals surface area contributed by atoms with Gasteiger partial charge in [0.1, 0.15) is 44.0 Å². The van der Waals surface area contributed by atoms with Gasteiger partial charge in [-0.15, -0.1) is 20.5 Å². The summed E-state index contributed by atoms with van der Waals surface area (Å²) in [5.74, 6) is -4.69. The van der Waals surface area contributed by atoms with Crippen LogP contribution < -0.4 is 279 Å². The van der Waals surface area contributed by atoms with Crippen LogP contribution in [0.5, 0.6) is 23.0 Å². The fourth-order valence-corrected chi connectivity index (χ4v) is 9.44. The molecule has 0 spiro atoms. The van der Waals surface area contributed by atoms with E-state index in [1.807, 2.05) is 0 Å². The third kappa shape index (κ3) is 21.1. The molecule has 48 heteroatoms. The minimum atomic E-state index is -5.20. The van der Waals surface area contributed by atoms with E-state index >= 15 is 0 Å². The summed E-state index contributed by atoms with van der Waals surface area (Å²) in [6, 6.07) is 9.89. The Labute approximate surface area is 714 Å². The van der Waals surface area contributed by atoms with Crippen molar-refractivity contribution >= 4 is 155 Å². The first-order valence-corrected chi connectivity index (χ1v) is 26.8. The maximum atomic E-state index is 12.2. The van der Waals surface area contributed by atoms with Gasteiger partial charge in [0.2, 0.25) is 34.4 Å². The van der Waals surface area contributed by atoms with E-state index in [0.717, 1.165) is 60.7 Å². The van der Waals surface area contributed by atoms with Crippen LogP contribution >= 0.6 is 23.2 Å². The van der Waals surface area contributed by atoms with Crippen LogP contribution in [0.4, 0.5) is 69.3 Å². The number of hydrogen-bond acceptors (Lipinski definition) is 30. The van der Waals surface area contributed by atoms with E-state index in [1.165, 1.54) is 0 Å². The van der Waals surface area contributed by atoms with E-state index < -0.39 is 127 Å². The first kappa shape index (κ1) is 83.2. The van der Waals surface area contributed by atoms with Crippen molar-refractivity contribution in [1.82, 2.24) is 29.9 Å². The maximum absolute atomic E-state index is 12.2. The number of phenolic OH excluding ortho intramolecular Hbond substituents is 4. The van der Waals surface area contributed by atoms with Crippen molar-refractivity contribution in [2.45, 2.75) is 19.6 Å². The predicted molar refractivity (Wildman–Crippen MR) is 273 cm³/mol. The molecule has 0 fully saturated rings. The van der Waals surface area contributed by atoms with Crippen molar-refractivity contribution in [1.29, 1.82) is 0 Å². The molecule has 1 radical (unpaired) electrons. The number of halogens is 2. The van der Waals surface area contributed by atoms with Crippen LogP contribution in [0.25, 0.3) is 21.5 Å². The minimum absolute atomic E-state index is 0. The first-order chi connectivity index (χ1) is 37.1. The molecule has 36 nitrogen and oxygen atoms in total. The molecule has 14 N–H and O–H groups in total. The van der Waals surface area contributed by atoms with Gasteiger partial charge in [-0.1, -0.05) is 0 Å². The average molecular weight is 1480 g/mol. The molecule has 0 aliphatic heterocycles. The zero-order chi connectivity index (χ0) is 59.1. The molecule has 8 aromatic rings. The predicted octanol–water partition coefficient (Wildman–Crippen LogP) is -8.52. The Morgan fingerprint density at radius 2 is 0.802 bits per heavy atom. The molecule has 86 heavy (non-hydrogen) atoms. The molecule has 8 rings (SSSR count). The van der Waals surface area contributed by atoms with Gasteiger partial charge >= 0.3 is 257 Å². The molecule has 0 saturated carbocycles. The summed E-state index contributed by atoms with van der Waals surface area (Å²) in [5, 5.41) is 81.4. The number of benzene rings is 6. The molecule has 0 aliphatic carbocycles. The van der Waals surface area contributed by atoms with Crippen LogP contribution in [0.1, 0.15) is 0 Å². The molecule has 0 amide bonds. The zero-order valence-electron chi connectivity index (χ0n) is 43.6. The molecule has 0 bridgehead atoms. The number of nitro benzene ring substituents is 2. The molecule has 2 heterocycles. The number of azo groups is 2. The molecule has 2 aromatic heterocycles. The second kappa shape index (κ2) is 33.8. The van der Waals surface area contributed by atoms with Gasteiger partial charge in [-0.3, -0.25) is 38.4 Å². The van der Waals surface area contributed by atoms with Crippen molar-refractivity contribution in [2.24, 2.45) is 20.5 Å². The molecule has 6 aromatic carbocycles. The largest absolute Gasteiger partial charge is 1.00 e. The van der Waals surface area contributed by atoms with Crippen molar-refractivity contribution < 1.29 is 356 Å². The summed E-state index contributed by atoms with van der Waals surface area (Å²) < 4.78 is 135. The van der Waals surface area contributed by atoms with E-state index in [9.17, 15) is 92.5 Å². The molecule has 0 saturated heterocycles. The van der Waals surface area contributed by atoms with Crippen LogP contribution in [0.15, 0.2) is 113 Å². The van der Waals surface area contributed by atoms with Crippen molar-refractivity contribution in [3.8, 4) is 23.0 Å². The summed E-state index contributed by atoms with van der Waals surface area (Å²) in [6.45, 7) is 0. The first-order valence-electron chi connectivity index (χ1n) is 20.3. The molecule has 0 unspecified atom stereocenters. The number of phenols is 4. The van der Waals surface area contributed by atoms with Crippen LogP contribution in [0.2, 0.25) is 10.6 Å². The van der Waals surface area contributed by atoms with Crippen LogP contribution in [-0.4, -0.2) is 112 Å². The second-order valence-electron chi connectivity index (χ2n) is 15.3. The number of hydrogen-bond donors (Lipinski definition) is 12. The monoisotopic (exact) mass is 1480 g/mol. The number of aromatic nitrogens is 6. The van der Waals surface area contributed by atoms with E-state index in [1.54, 1.807) is 0 Å². The third-order valence-electron chi connectivity index (χ3n) is 10.00. The smallest absolute Gasteiger partial charge is 0.506 e. The minimum Gasteiger partial charge on any atom is -0.506 e. The van der Waals surface area contributed by atoms with Crippen molar-refractivity contribution in [3.63, 3.8) is 0 Å². The van der Waals surface area contributed by atoms with Gasteiger partial charge in [-0.05, 0) is 82.5 Å². The topological polar surface area (TPSA) is 588 Å². The number of nitrogens with zero attached hydrogens (tertiary/aromatic N) is 12. The van der Waals surface area contributed by atoms with Crippen LogP contribution in [0, 0.1) is 20.2 Å². The van der Waals surface area contributed by atoms with Gasteiger partial charge in [0, 0.05) is 51.8 Å². The maximum Gasteiger partial charge on any atom is 1.00 e. The van der Waals surface area contributed by atoms with Crippen molar-refractivity contribution in [3.05, 3.63) is 104 Å². The Balaban J connectivity index is 0.000000804. The molecule has 0 aliphatic rings. The number of nitro groups is 2. The zero-order valence-corrected chi connectivity index (χ0v) is 65.1. The number of nitrogen functional groups attached to an aromatic ring is 2. The van der Waals surface area contributed by atoms with Gasteiger partial charge in [-0.2, -0.15) is 63.6 Å². The Kier molecular flexibility index (Phi) is 32.7. The van der Waals surface area contributed by atoms with Crippen LogP contribution in [-0.2, 0) is 57.3 Å². The van der Waals surface area contributed by atoms with E-state index in [-0.39, 0.29) is 341 Å². The Hall–Kier alpha value is -0.832. The van der Waals surface area contributed by atoms with Crippen molar-refractivity contribution in [2.75, 3.05) is 22.1 Å². The summed E-state index contributed by atoms with van der Waals surface area (Å²) in [5.41, 5.74) is 6.45. The third-order valence-corrected chi connectivity index (χ3v) is 13.7. The average Bonchev–Trinajstić information content (AvgIpc) is 1.25. The van der Waals surface area contributed by atoms with Gasteiger partial charge in [-0.25, -0.2) is 0 Å². The number of nitrogens with two attached hydrogens (primary N) is 2. The van der Waals surface area contributed by atoms with E-state index in [2.05, 4.69) is 61.0 Å². The quantitative estimate of drug-likeness (QED) is 0.0158. The Morgan fingerprint density at radius 1 is 0.477 bits per heavy atom. The van der Waals surface area contributed by atoms with E-state index in [0.29, 0.717) is 12.1 Å². The van der Waals surface area contributed by atoms with Gasteiger partial charge < -0.3 is 42.5 Å². The summed E-state index contributed by atoms with van der Waals surface area (Å²) in [4.78, 5) is 38.9. The van der Waals surface area contributed by atoms with E-state index in [4.69, 9.17) is 34.7 Å². The van der Waals surface area contributed by atoms with Gasteiger partial charge in [0.15, 0.2) is 11.5 Å². The van der Waals surface area contributed by atoms with Gasteiger partial charge in [0.25, 0.3) is 51.8 Å². The molecular formula is C38H26Cl2CoK5N16O20S4+5. The number of rotatable bonds is 14. The van der Waals surface area contributed by atoms with Gasteiger partial charge in [0.05, 0.1) is 31.0 Å². The molecule has 0 atom stereocenters. The Morgan fingerprint density at radius 3 is 1.08 bits per heavy atom. The SMILES string of the molecule is Nc1nc(Cl)nc(Nc2cc(S(=O)(=O)O)cc3cc(S(=O)(=O)O)c(N=Nc4cc([N+](=O)[O-])ccc4O)c(O)c23)n1.Nc1nc(Cl)nc(Nc2cc(S(=O)(=O)O)cc3cc(S(=O)(=O)O)c(N=Nc4cc([N+](=O)[O-])ccc4O)c(O)c23)n1.[Co].[K+].[K+].[K+].[K+].[K+]. The Bertz CT molecular complexity index is 4220. The normalized spacial score (nSPS) is 11.3. The number of anilines is 6. The summed E-state index contributed by atoms with van der Waals surface area (Å²) in [6.07, 6.45) is 0. The summed E-state index contributed by atoms with van der Waals surface area (Å²) in [7, 11) is -20.2. The number of aromatic hydroxyl groups is 4. The summed E-state index contributed by atoms with van der Waals surface area (Å²) >= 11 is 11.5. The number of nitrogens with one attached hydrogen (secondary N) is 2. The molecular weight excluding hydrogens is 1450 g/mol. The van der Waals surface area contributed by atoms with Crippen LogP contribution in [0.3, 0.4) is 0 Å². The second-order valence-corrected chi connectivity index (χ2v) is 21.6. The fourth-order valence-electron chi connectivity index (χ4n) is 6.70. The number of non-ortho nitro benzene ring substituents is 2. The number of fused-ring (bicyclic) bond motifs is 2.